The molecule has 0 saturated carbocycles. The first-order chi connectivity index (χ1) is 13.2. The fourth-order valence-electron chi connectivity index (χ4n) is 3.44. The van der Waals surface area contributed by atoms with Crippen molar-refractivity contribution in [2.45, 2.75) is 24.7 Å². The summed E-state index contributed by atoms with van der Waals surface area (Å²) in [6.45, 7) is 1.83. The molecular weight excluding hydrogens is 396 g/mol. The monoisotopic (exact) mass is 420 g/mol. The standard InChI is InChI=1S/C21H24O5S2/c1-16-19(9-6-10-20(16)26-2)21(15-17-11-13-27(22,23)14-12-17)28(24,25)18-7-4-3-5-8-18/h3-10,15,17H,11-14H2,1-2H3/b21-15+. The molecule has 0 atom stereocenters. The van der Waals surface area contributed by atoms with Crippen molar-refractivity contribution < 1.29 is 21.6 Å². The molecule has 150 valence electrons. The molecule has 0 unspecified atom stereocenters. The third-order valence-corrected chi connectivity index (χ3v) is 8.64. The Morgan fingerprint density at radius 3 is 2.29 bits per heavy atom. The third kappa shape index (κ3) is 4.31. The van der Waals surface area contributed by atoms with E-state index < -0.39 is 19.7 Å². The minimum absolute atomic E-state index is 0.0872. The molecule has 5 nitrogen and oxygen atoms in total. The zero-order valence-electron chi connectivity index (χ0n) is 16.0. The normalized spacial score (nSPS) is 18.0. The van der Waals surface area contributed by atoms with E-state index >= 15 is 0 Å². The van der Waals surface area contributed by atoms with Crippen LogP contribution in [0.4, 0.5) is 0 Å². The second-order valence-corrected chi connectivity index (χ2v) is 11.2. The number of allylic oxidation sites excluding steroid dienone is 1. The Hall–Kier alpha value is -2.12. The van der Waals surface area contributed by atoms with Gasteiger partial charge >= 0.3 is 0 Å². The maximum absolute atomic E-state index is 13.5. The Morgan fingerprint density at radius 1 is 1.04 bits per heavy atom. The van der Waals surface area contributed by atoms with Crippen LogP contribution >= 0.6 is 0 Å². The number of ether oxygens (including phenoxy) is 1. The minimum atomic E-state index is -3.77. The van der Waals surface area contributed by atoms with Gasteiger partial charge in [0.15, 0.2) is 0 Å². The molecule has 7 heteroatoms. The van der Waals surface area contributed by atoms with Crippen LogP contribution in [0.5, 0.6) is 5.75 Å². The maximum Gasteiger partial charge on any atom is 0.206 e. The quantitative estimate of drug-likeness (QED) is 0.738. The Bertz CT molecular complexity index is 1070. The molecule has 1 saturated heterocycles. The molecule has 0 spiro atoms. The van der Waals surface area contributed by atoms with Gasteiger partial charge in [0, 0.05) is 0 Å². The molecule has 1 fully saturated rings. The molecule has 0 amide bonds. The minimum Gasteiger partial charge on any atom is -0.496 e. The van der Waals surface area contributed by atoms with Crippen molar-refractivity contribution in [2.75, 3.05) is 18.6 Å². The van der Waals surface area contributed by atoms with Crippen molar-refractivity contribution in [2.24, 2.45) is 5.92 Å². The van der Waals surface area contributed by atoms with Gasteiger partial charge in [-0.1, -0.05) is 36.4 Å². The summed E-state index contributed by atoms with van der Waals surface area (Å²) >= 11 is 0. The number of sulfone groups is 2. The van der Waals surface area contributed by atoms with Gasteiger partial charge in [-0.15, -0.1) is 0 Å². The number of benzene rings is 2. The highest BCUT2D eigenvalue weighted by molar-refractivity contribution is 8.00. The van der Waals surface area contributed by atoms with Crippen molar-refractivity contribution in [1.29, 1.82) is 0 Å². The highest BCUT2D eigenvalue weighted by Gasteiger charge is 2.28. The molecule has 1 aliphatic rings. The summed E-state index contributed by atoms with van der Waals surface area (Å²) in [6.07, 6.45) is 2.59. The molecule has 0 aromatic heterocycles. The van der Waals surface area contributed by atoms with Crippen LogP contribution < -0.4 is 4.74 Å². The average Bonchev–Trinajstić information content (AvgIpc) is 2.68. The first-order valence-corrected chi connectivity index (χ1v) is 12.4. The average molecular weight is 421 g/mol. The summed E-state index contributed by atoms with van der Waals surface area (Å²) in [6, 6.07) is 13.6. The van der Waals surface area contributed by atoms with Crippen LogP contribution in [0.2, 0.25) is 0 Å². The Morgan fingerprint density at radius 2 is 1.68 bits per heavy atom. The molecular formula is C21H24O5S2. The van der Waals surface area contributed by atoms with Crippen LogP contribution in [0, 0.1) is 12.8 Å². The largest absolute Gasteiger partial charge is 0.496 e. The first-order valence-electron chi connectivity index (χ1n) is 9.11. The van der Waals surface area contributed by atoms with E-state index in [-0.39, 0.29) is 27.2 Å². The number of methoxy groups -OCH3 is 1. The number of hydrogen-bond donors (Lipinski definition) is 0. The maximum atomic E-state index is 13.5. The van der Waals surface area contributed by atoms with E-state index in [1.54, 1.807) is 61.7 Å². The Kier molecular flexibility index (Phi) is 5.95. The van der Waals surface area contributed by atoms with Gasteiger partial charge in [-0.25, -0.2) is 16.8 Å². The summed E-state index contributed by atoms with van der Waals surface area (Å²) < 4.78 is 55.8. The van der Waals surface area contributed by atoms with Crippen molar-refractivity contribution in [3.05, 3.63) is 65.7 Å². The van der Waals surface area contributed by atoms with Gasteiger partial charge in [-0.05, 0) is 55.0 Å². The molecule has 0 bridgehead atoms. The summed E-state index contributed by atoms with van der Waals surface area (Å²) in [5.74, 6) is 0.675. The molecule has 0 N–H and O–H groups in total. The molecule has 1 aliphatic heterocycles. The lowest BCUT2D eigenvalue weighted by atomic mass is 9.99. The second kappa shape index (κ2) is 8.09. The topological polar surface area (TPSA) is 77.5 Å². The highest BCUT2D eigenvalue weighted by Crippen LogP contribution is 2.36. The predicted octanol–water partition coefficient (Wildman–Crippen LogP) is 3.64. The first kappa shape index (κ1) is 20.6. The molecule has 2 aromatic carbocycles. The van der Waals surface area contributed by atoms with Gasteiger partial charge < -0.3 is 4.74 Å². The second-order valence-electron chi connectivity index (χ2n) is 6.97. The van der Waals surface area contributed by atoms with Gasteiger partial charge in [-0.3, -0.25) is 0 Å². The van der Waals surface area contributed by atoms with Crippen LogP contribution in [0.1, 0.15) is 24.0 Å². The van der Waals surface area contributed by atoms with E-state index in [2.05, 4.69) is 0 Å². The summed E-state index contributed by atoms with van der Waals surface area (Å²) in [5.41, 5.74) is 1.32. The van der Waals surface area contributed by atoms with Crippen LogP contribution in [-0.2, 0) is 19.7 Å². The van der Waals surface area contributed by atoms with Gasteiger partial charge in [0.05, 0.1) is 28.4 Å². The molecule has 28 heavy (non-hydrogen) atoms. The molecule has 0 radical (unpaired) electrons. The molecule has 1 heterocycles. The predicted molar refractivity (Wildman–Crippen MR) is 111 cm³/mol. The van der Waals surface area contributed by atoms with Crippen LogP contribution in [-0.4, -0.2) is 35.5 Å². The molecule has 2 aromatic rings. The van der Waals surface area contributed by atoms with Gasteiger partial charge in [0.1, 0.15) is 15.6 Å². The third-order valence-electron chi connectivity index (χ3n) is 5.10. The number of hydrogen-bond acceptors (Lipinski definition) is 5. The van der Waals surface area contributed by atoms with E-state index in [0.29, 0.717) is 24.2 Å². The van der Waals surface area contributed by atoms with Crippen molar-refractivity contribution >= 4 is 24.6 Å². The lowest BCUT2D eigenvalue weighted by molar-refractivity contribution is 0.411. The van der Waals surface area contributed by atoms with Gasteiger partial charge in [0.25, 0.3) is 0 Å². The van der Waals surface area contributed by atoms with Crippen LogP contribution in [0.25, 0.3) is 4.91 Å². The summed E-state index contributed by atoms with van der Waals surface area (Å²) in [5, 5.41) is 0. The SMILES string of the molecule is COc1cccc(/C(=C\C2CCS(=O)(=O)CC2)S(=O)(=O)c2ccccc2)c1C. The zero-order valence-corrected chi connectivity index (χ0v) is 17.6. The fraction of sp³-hybridized carbons (Fsp3) is 0.333. The number of rotatable bonds is 5. The Labute approximate surface area is 166 Å². The van der Waals surface area contributed by atoms with Crippen LogP contribution in [0.3, 0.4) is 0 Å². The summed E-state index contributed by atoms with van der Waals surface area (Å²) in [7, 11) is -5.25. The van der Waals surface area contributed by atoms with Crippen LogP contribution in [0.15, 0.2) is 59.5 Å². The van der Waals surface area contributed by atoms with E-state index in [1.807, 2.05) is 6.92 Å². The fourth-order valence-corrected chi connectivity index (χ4v) is 6.62. The molecule has 0 aliphatic carbocycles. The van der Waals surface area contributed by atoms with E-state index in [1.165, 1.54) is 0 Å². The summed E-state index contributed by atoms with van der Waals surface area (Å²) in [4.78, 5) is 0.422. The van der Waals surface area contributed by atoms with Crippen molar-refractivity contribution in [3.63, 3.8) is 0 Å². The van der Waals surface area contributed by atoms with E-state index in [9.17, 15) is 16.8 Å². The highest BCUT2D eigenvalue weighted by atomic mass is 32.2. The lowest BCUT2D eigenvalue weighted by Crippen LogP contribution is -2.22. The smallest absolute Gasteiger partial charge is 0.206 e. The van der Waals surface area contributed by atoms with Gasteiger partial charge in [0.2, 0.25) is 9.84 Å². The Balaban J connectivity index is 2.14. The van der Waals surface area contributed by atoms with Gasteiger partial charge in [-0.2, -0.15) is 0 Å². The zero-order chi connectivity index (χ0) is 20.4. The van der Waals surface area contributed by atoms with E-state index in [4.69, 9.17) is 4.74 Å². The van der Waals surface area contributed by atoms with Crippen molar-refractivity contribution in [3.8, 4) is 5.75 Å². The molecule has 3 rings (SSSR count). The van der Waals surface area contributed by atoms with E-state index in [0.717, 1.165) is 5.56 Å². The van der Waals surface area contributed by atoms with Crippen molar-refractivity contribution in [1.82, 2.24) is 0 Å². The lowest BCUT2D eigenvalue weighted by Gasteiger charge is -2.21.